The SMILES string of the molecule is Cc1ccccc1C(C#N)C(=O)C(=O)Nc1cccc(Cl)c1. The number of halogens is 1. The topological polar surface area (TPSA) is 70.0 Å². The van der Waals surface area contributed by atoms with E-state index in [4.69, 9.17) is 11.6 Å². The molecule has 0 radical (unpaired) electrons. The first kappa shape index (κ1) is 15.7. The fraction of sp³-hybridized carbons (Fsp3) is 0.118. The minimum Gasteiger partial charge on any atom is -0.319 e. The number of nitriles is 1. The molecular weight excluding hydrogens is 300 g/mol. The Balaban J connectivity index is 2.21. The van der Waals surface area contributed by atoms with Gasteiger partial charge in [0, 0.05) is 10.7 Å². The van der Waals surface area contributed by atoms with Gasteiger partial charge in [0.05, 0.1) is 6.07 Å². The number of amides is 1. The lowest BCUT2D eigenvalue weighted by Crippen LogP contribution is -2.28. The Hall–Kier alpha value is -2.64. The van der Waals surface area contributed by atoms with Gasteiger partial charge < -0.3 is 5.32 Å². The van der Waals surface area contributed by atoms with Gasteiger partial charge in [-0.25, -0.2) is 0 Å². The minimum atomic E-state index is -1.12. The first-order valence-electron chi connectivity index (χ1n) is 6.59. The maximum absolute atomic E-state index is 12.2. The summed E-state index contributed by atoms with van der Waals surface area (Å²) in [5, 5.41) is 12.2. The van der Waals surface area contributed by atoms with Crippen molar-refractivity contribution in [3.05, 3.63) is 64.7 Å². The maximum Gasteiger partial charge on any atom is 0.293 e. The van der Waals surface area contributed by atoms with Crippen molar-refractivity contribution < 1.29 is 9.59 Å². The normalized spacial score (nSPS) is 11.3. The van der Waals surface area contributed by atoms with E-state index in [1.165, 1.54) is 6.07 Å². The molecule has 1 atom stereocenters. The predicted molar refractivity (Wildman–Crippen MR) is 84.6 cm³/mol. The number of rotatable bonds is 4. The molecule has 0 saturated carbocycles. The number of anilines is 1. The van der Waals surface area contributed by atoms with E-state index in [1.54, 1.807) is 43.3 Å². The van der Waals surface area contributed by atoms with Gasteiger partial charge in [-0.1, -0.05) is 41.9 Å². The zero-order valence-electron chi connectivity index (χ0n) is 11.8. The second kappa shape index (κ2) is 6.88. The lowest BCUT2D eigenvalue weighted by Gasteiger charge is -2.11. The van der Waals surface area contributed by atoms with Crippen molar-refractivity contribution in [3.63, 3.8) is 0 Å². The van der Waals surface area contributed by atoms with E-state index in [0.29, 0.717) is 16.3 Å². The van der Waals surface area contributed by atoms with E-state index in [-0.39, 0.29) is 0 Å². The molecule has 1 amide bonds. The largest absolute Gasteiger partial charge is 0.319 e. The van der Waals surface area contributed by atoms with E-state index < -0.39 is 17.6 Å². The van der Waals surface area contributed by atoms with Gasteiger partial charge in [0.15, 0.2) is 0 Å². The van der Waals surface area contributed by atoms with Crippen molar-refractivity contribution in [2.24, 2.45) is 0 Å². The number of carbonyl (C=O) groups excluding carboxylic acids is 2. The van der Waals surface area contributed by atoms with Crippen molar-refractivity contribution in [1.82, 2.24) is 0 Å². The molecule has 0 aromatic heterocycles. The van der Waals surface area contributed by atoms with Crippen LogP contribution in [0.4, 0.5) is 5.69 Å². The molecule has 0 aliphatic rings. The molecule has 1 N–H and O–H groups in total. The number of aryl methyl sites for hydroxylation is 1. The molecule has 0 fully saturated rings. The summed E-state index contributed by atoms with van der Waals surface area (Å²) in [7, 11) is 0. The smallest absolute Gasteiger partial charge is 0.293 e. The molecule has 0 aliphatic carbocycles. The van der Waals surface area contributed by atoms with E-state index in [0.717, 1.165) is 5.56 Å². The first-order valence-corrected chi connectivity index (χ1v) is 6.96. The van der Waals surface area contributed by atoms with E-state index in [1.807, 2.05) is 12.1 Å². The molecule has 2 aromatic rings. The maximum atomic E-state index is 12.2. The Bertz CT molecular complexity index is 765. The van der Waals surface area contributed by atoms with Gasteiger partial charge >= 0.3 is 0 Å². The molecule has 4 nitrogen and oxygen atoms in total. The molecule has 0 heterocycles. The number of hydrogen-bond acceptors (Lipinski definition) is 3. The number of Topliss-reactive ketones (excluding diaryl/α,β-unsaturated/α-hetero) is 1. The molecule has 5 heteroatoms. The Morgan fingerprint density at radius 1 is 1.18 bits per heavy atom. The highest BCUT2D eigenvalue weighted by atomic mass is 35.5. The van der Waals surface area contributed by atoms with Crippen LogP contribution in [0, 0.1) is 18.3 Å². The molecule has 22 heavy (non-hydrogen) atoms. The van der Waals surface area contributed by atoms with Crippen LogP contribution in [0.15, 0.2) is 48.5 Å². The molecule has 2 aromatic carbocycles. The van der Waals surface area contributed by atoms with Crippen molar-refractivity contribution in [2.75, 3.05) is 5.32 Å². The van der Waals surface area contributed by atoms with Gasteiger partial charge in [0.25, 0.3) is 5.91 Å². The fourth-order valence-electron chi connectivity index (χ4n) is 2.07. The summed E-state index contributed by atoms with van der Waals surface area (Å²) in [6, 6.07) is 15.4. The number of hydrogen-bond donors (Lipinski definition) is 1. The number of benzene rings is 2. The zero-order valence-corrected chi connectivity index (χ0v) is 12.6. The van der Waals surface area contributed by atoms with E-state index >= 15 is 0 Å². The summed E-state index contributed by atoms with van der Waals surface area (Å²) in [6.45, 7) is 1.79. The second-order valence-corrected chi connectivity index (χ2v) is 5.18. The van der Waals surface area contributed by atoms with Crippen LogP contribution in [0.3, 0.4) is 0 Å². The van der Waals surface area contributed by atoms with Crippen LogP contribution in [0.2, 0.25) is 5.02 Å². The fourth-order valence-corrected chi connectivity index (χ4v) is 2.26. The minimum absolute atomic E-state index is 0.410. The summed E-state index contributed by atoms with van der Waals surface area (Å²) in [6.07, 6.45) is 0. The van der Waals surface area contributed by atoms with Gasteiger partial charge in [-0.3, -0.25) is 9.59 Å². The third-order valence-corrected chi connectivity index (χ3v) is 3.43. The zero-order chi connectivity index (χ0) is 16.1. The highest BCUT2D eigenvalue weighted by Crippen LogP contribution is 2.21. The molecule has 0 spiro atoms. The average molecular weight is 313 g/mol. The van der Waals surface area contributed by atoms with Gasteiger partial charge in [-0.15, -0.1) is 0 Å². The van der Waals surface area contributed by atoms with Crippen LogP contribution in [-0.2, 0) is 9.59 Å². The molecule has 0 bridgehead atoms. The predicted octanol–water partition coefficient (Wildman–Crippen LogP) is 3.46. The highest BCUT2D eigenvalue weighted by Gasteiger charge is 2.27. The lowest BCUT2D eigenvalue weighted by molar-refractivity contribution is -0.135. The number of nitrogens with zero attached hydrogens (tertiary/aromatic N) is 1. The summed E-state index contributed by atoms with van der Waals surface area (Å²) in [4.78, 5) is 24.3. The highest BCUT2D eigenvalue weighted by molar-refractivity contribution is 6.43. The molecule has 1 unspecified atom stereocenters. The summed E-state index contributed by atoms with van der Waals surface area (Å²) in [5.74, 6) is -2.76. The number of carbonyl (C=O) groups is 2. The third-order valence-electron chi connectivity index (χ3n) is 3.20. The van der Waals surface area contributed by atoms with Crippen molar-refractivity contribution >= 4 is 29.0 Å². The number of nitrogens with one attached hydrogen (secondary N) is 1. The quantitative estimate of drug-likeness (QED) is 0.879. The number of ketones is 1. The molecule has 0 aliphatic heterocycles. The third kappa shape index (κ3) is 3.51. The van der Waals surface area contributed by atoms with E-state index in [9.17, 15) is 14.9 Å². The van der Waals surface area contributed by atoms with Crippen LogP contribution in [-0.4, -0.2) is 11.7 Å². The van der Waals surface area contributed by atoms with Gasteiger partial charge in [0.2, 0.25) is 5.78 Å². The molecule has 110 valence electrons. The molecule has 0 saturated heterocycles. The Morgan fingerprint density at radius 3 is 2.55 bits per heavy atom. The van der Waals surface area contributed by atoms with Crippen LogP contribution < -0.4 is 5.32 Å². The van der Waals surface area contributed by atoms with Crippen LogP contribution in [0.1, 0.15) is 17.0 Å². The van der Waals surface area contributed by atoms with E-state index in [2.05, 4.69) is 5.32 Å². The van der Waals surface area contributed by atoms with Gasteiger partial charge in [0.1, 0.15) is 5.92 Å². The van der Waals surface area contributed by atoms with Crippen LogP contribution in [0.25, 0.3) is 0 Å². The Morgan fingerprint density at radius 2 is 1.91 bits per heavy atom. The summed E-state index contributed by atoms with van der Waals surface area (Å²) >= 11 is 5.83. The average Bonchev–Trinajstić information content (AvgIpc) is 2.49. The van der Waals surface area contributed by atoms with Crippen LogP contribution >= 0.6 is 11.6 Å². The second-order valence-electron chi connectivity index (χ2n) is 4.75. The standard InChI is InChI=1S/C17H13ClN2O2/c1-11-5-2-3-8-14(11)15(10-19)16(21)17(22)20-13-7-4-6-12(18)9-13/h2-9,15H,1H3,(H,20,22). The first-order chi connectivity index (χ1) is 10.5. The lowest BCUT2D eigenvalue weighted by atomic mass is 9.92. The van der Waals surface area contributed by atoms with Crippen LogP contribution in [0.5, 0.6) is 0 Å². The van der Waals surface area contributed by atoms with Crippen molar-refractivity contribution in [2.45, 2.75) is 12.8 Å². The monoisotopic (exact) mass is 312 g/mol. The molecular formula is C17H13ClN2O2. The summed E-state index contributed by atoms with van der Waals surface area (Å²) < 4.78 is 0. The van der Waals surface area contributed by atoms with Gasteiger partial charge in [-0.05, 0) is 36.2 Å². The Labute approximate surface area is 133 Å². The Kier molecular flexibility index (Phi) is 4.92. The van der Waals surface area contributed by atoms with Crippen molar-refractivity contribution in [1.29, 1.82) is 5.26 Å². The summed E-state index contributed by atoms with van der Waals surface area (Å²) in [5.41, 5.74) is 1.74. The van der Waals surface area contributed by atoms with Crippen molar-refractivity contribution in [3.8, 4) is 6.07 Å². The molecule has 2 rings (SSSR count). The van der Waals surface area contributed by atoms with Gasteiger partial charge in [-0.2, -0.15) is 5.26 Å².